The molecule has 1 atom stereocenters. The molecular weight excluding hydrogens is 417 g/mol. The van der Waals surface area contributed by atoms with Gasteiger partial charge in [0.2, 0.25) is 0 Å². The van der Waals surface area contributed by atoms with E-state index >= 15 is 0 Å². The average molecular weight is 426 g/mol. The molecule has 0 saturated heterocycles. The second-order valence-electron chi connectivity index (χ2n) is 4.19. The number of aliphatic hydroxyl groups excluding tert-OH is 1. The van der Waals surface area contributed by atoms with Gasteiger partial charge in [0.1, 0.15) is 11.9 Å². The summed E-state index contributed by atoms with van der Waals surface area (Å²) in [6.45, 7) is 0. The van der Waals surface area contributed by atoms with Crippen LogP contribution in [-0.2, 0) is 0 Å². The molecule has 2 nitrogen and oxygen atoms in total. The quantitative estimate of drug-likeness (QED) is 0.733. The first-order chi connectivity index (χ1) is 9.76. The van der Waals surface area contributed by atoms with Crippen molar-refractivity contribution in [3.8, 4) is 5.75 Å². The van der Waals surface area contributed by atoms with Crippen LogP contribution in [0.1, 0.15) is 17.2 Å². The van der Waals surface area contributed by atoms with E-state index in [0.29, 0.717) is 15.6 Å². The lowest BCUT2D eigenvalue weighted by molar-refractivity contribution is -0.274. The van der Waals surface area contributed by atoms with Crippen molar-refractivity contribution in [2.75, 3.05) is 0 Å². The van der Waals surface area contributed by atoms with Gasteiger partial charge in [-0.05, 0) is 35.9 Å². The average Bonchev–Trinajstić information content (AvgIpc) is 2.39. The molecule has 0 aliphatic rings. The van der Waals surface area contributed by atoms with Crippen LogP contribution in [0, 0.1) is 0 Å². The molecule has 0 bridgehead atoms. The van der Waals surface area contributed by atoms with E-state index in [1.807, 2.05) is 0 Å². The van der Waals surface area contributed by atoms with Crippen molar-refractivity contribution in [2.24, 2.45) is 0 Å². The van der Waals surface area contributed by atoms with E-state index in [1.165, 1.54) is 18.2 Å². The second kappa shape index (κ2) is 6.37. The Bertz CT molecular complexity index is 644. The topological polar surface area (TPSA) is 29.5 Å². The van der Waals surface area contributed by atoms with Crippen molar-refractivity contribution in [1.82, 2.24) is 0 Å². The lowest BCUT2D eigenvalue weighted by Crippen LogP contribution is -2.17. The number of ether oxygens (including phenoxy) is 1. The summed E-state index contributed by atoms with van der Waals surface area (Å²) in [5, 5.41) is 10.3. The molecule has 0 amide bonds. The molecule has 1 unspecified atom stereocenters. The van der Waals surface area contributed by atoms with Gasteiger partial charge < -0.3 is 9.84 Å². The molecule has 21 heavy (non-hydrogen) atoms. The minimum atomic E-state index is -4.76. The van der Waals surface area contributed by atoms with E-state index in [-0.39, 0.29) is 5.75 Å². The molecule has 0 aliphatic carbocycles. The fourth-order valence-electron chi connectivity index (χ4n) is 1.79. The van der Waals surface area contributed by atoms with Gasteiger partial charge in [-0.15, -0.1) is 13.2 Å². The maximum atomic E-state index is 12.2. The summed E-state index contributed by atoms with van der Waals surface area (Å²) in [4.78, 5) is 0. The van der Waals surface area contributed by atoms with E-state index in [2.05, 4.69) is 36.6 Å². The first-order valence-corrected chi connectivity index (χ1v) is 7.33. The number of alkyl halides is 3. The molecule has 112 valence electrons. The summed E-state index contributed by atoms with van der Waals surface area (Å²) < 4.78 is 41.9. The van der Waals surface area contributed by atoms with Gasteiger partial charge in [0.25, 0.3) is 0 Å². The molecular formula is C14H9Br2F3O2. The molecule has 0 heterocycles. The first kappa shape index (κ1) is 16.3. The zero-order chi connectivity index (χ0) is 15.6. The molecule has 7 heteroatoms. The largest absolute Gasteiger partial charge is 0.573 e. The third-order valence-electron chi connectivity index (χ3n) is 2.66. The van der Waals surface area contributed by atoms with Crippen LogP contribution in [0.15, 0.2) is 51.4 Å². The van der Waals surface area contributed by atoms with E-state index < -0.39 is 12.5 Å². The highest BCUT2D eigenvalue weighted by Crippen LogP contribution is 2.33. The predicted molar refractivity (Wildman–Crippen MR) is 79.0 cm³/mol. The highest BCUT2D eigenvalue weighted by molar-refractivity contribution is 9.11. The van der Waals surface area contributed by atoms with E-state index in [9.17, 15) is 18.3 Å². The molecule has 2 aromatic rings. The van der Waals surface area contributed by atoms with E-state index in [4.69, 9.17) is 0 Å². The summed E-state index contributed by atoms with van der Waals surface area (Å²) in [6, 6.07) is 10.5. The van der Waals surface area contributed by atoms with Crippen molar-refractivity contribution < 1.29 is 23.0 Å². The number of halogens is 5. The van der Waals surface area contributed by atoms with Gasteiger partial charge in [-0.2, -0.15) is 0 Å². The highest BCUT2D eigenvalue weighted by Gasteiger charge is 2.31. The Labute approximate surface area is 135 Å². The summed E-state index contributed by atoms with van der Waals surface area (Å²) >= 11 is 6.59. The summed E-state index contributed by atoms with van der Waals surface area (Å²) in [5.74, 6) is -0.370. The zero-order valence-electron chi connectivity index (χ0n) is 10.4. The third-order valence-corrected chi connectivity index (χ3v) is 3.88. The van der Waals surface area contributed by atoms with Gasteiger partial charge in [-0.3, -0.25) is 0 Å². The van der Waals surface area contributed by atoms with Gasteiger partial charge in [-0.25, -0.2) is 0 Å². The Morgan fingerprint density at radius 1 is 1.05 bits per heavy atom. The minimum Gasteiger partial charge on any atom is -0.406 e. The van der Waals surface area contributed by atoms with Crippen LogP contribution >= 0.6 is 31.9 Å². The van der Waals surface area contributed by atoms with E-state index in [0.717, 1.165) is 10.5 Å². The van der Waals surface area contributed by atoms with Gasteiger partial charge in [0, 0.05) is 14.5 Å². The van der Waals surface area contributed by atoms with Gasteiger partial charge in [-0.1, -0.05) is 44.0 Å². The lowest BCUT2D eigenvalue weighted by Gasteiger charge is -2.15. The van der Waals surface area contributed by atoms with Crippen LogP contribution in [0.2, 0.25) is 0 Å². The van der Waals surface area contributed by atoms with Crippen LogP contribution in [0.5, 0.6) is 5.75 Å². The smallest absolute Gasteiger partial charge is 0.406 e. The fourth-order valence-corrected chi connectivity index (χ4v) is 2.63. The second-order valence-corrected chi connectivity index (χ2v) is 5.96. The van der Waals surface area contributed by atoms with Crippen LogP contribution in [0.25, 0.3) is 0 Å². The number of hydrogen-bond donors (Lipinski definition) is 1. The zero-order valence-corrected chi connectivity index (χ0v) is 13.5. The maximum Gasteiger partial charge on any atom is 0.573 e. The first-order valence-electron chi connectivity index (χ1n) is 5.75. The van der Waals surface area contributed by atoms with Crippen molar-refractivity contribution in [1.29, 1.82) is 0 Å². The summed E-state index contributed by atoms with van der Waals surface area (Å²) in [7, 11) is 0. The minimum absolute atomic E-state index is 0.301. The molecule has 2 aromatic carbocycles. The fraction of sp³-hybridized carbons (Fsp3) is 0.143. The van der Waals surface area contributed by atoms with Crippen molar-refractivity contribution in [3.05, 3.63) is 62.5 Å². The highest BCUT2D eigenvalue weighted by atomic mass is 79.9. The lowest BCUT2D eigenvalue weighted by atomic mass is 10.0. The molecule has 1 N–H and O–H groups in total. The molecule has 0 aromatic heterocycles. The Kier molecular flexibility index (Phi) is 4.95. The van der Waals surface area contributed by atoms with Crippen LogP contribution < -0.4 is 4.74 Å². The summed E-state index contributed by atoms with van der Waals surface area (Å²) in [6.07, 6.45) is -5.84. The predicted octanol–water partition coefficient (Wildman–Crippen LogP) is 5.19. The molecule has 0 spiro atoms. The van der Waals surface area contributed by atoms with Crippen LogP contribution in [0.4, 0.5) is 13.2 Å². The van der Waals surface area contributed by atoms with Gasteiger partial charge in [0.05, 0.1) is 0 Å². The summed E-state index contributed by atoms with van der Waals surface area (Å²) in [5.41, 5.74) is 0.837. The Balaban J connectivity index is 2.33. The maximum absolute atomic E-state index is 12.2. The van der Waals surface area contributed by atoms with Crippen molar-refractivity contribution in [3.63, 3.8) is 0 Å². The SMILES string of the molecule is OC(c1cccc(OC(F)(F)F)c1)c1cc(Br)ccc1Br. The van der Waals surface area contributed by atoms with Crippen molar-refractivity contribution >= 4 is 31.9 Å². The van der Waals surface area contributed by atoms with Gasteiger partial charge in [0.15, 0.2) is 0 Å². The van der Waals surface area contributed by atoms with Crippen LogP contribution in [0.3, 0.4) is 0 Å². The van der Waals surface area contributed by atoms with E-state index in [1.54, 1.807) is 18.2 Å². The molecule has 0 saturated carbocycles. The molecule has 0 radical (unpaired) electrons. The standard InChI is InChI=1S/C14H9Br2F3O2/c15-9-4-5-12(16)11(7-9)13(20)8-2-1-3-10(6-8)21-14(17,18)19/h1-7,13,20H. The number of hydrogen-bond acceptors (Lipinski definition) is 2. The number of rotatable bonds is 3. The molecule has 0 aliphatic heterocycles. The van der Waals surface area contributed by atoms with Gasteiger partial charge >= 0.3 is 6.36 Å². The third kappa shape index (κ3) is 4.46. The number of aliphatic hydroxyl groups is 1. The normalized spacial score (nSPS) is 13.0. The monoisotopic (exact) mass is 424 g/mol. The van der Waals surface area contributed by atoms with Crippen LogP contribution in [-0.4, -0.2) is 11.5 Å². The molecule has 0 fully saturated rings. The number of benzene rings is 2. The van der Waals surface area contributed by atoms with Crippen molar-refractivity contribution in [2.45, 2.75) is 12.5 Å². The molecule has 2 rings (SSSR count). The Morgan fingerprint density at radius 2 is 1.76 bits per heavy atom. The Morgan fingerprint density at radius 3 is 2.43 bits per heavy atom. The Hall–Kier alpha value is -1.05.